The van der Waals surface area contributed by atoms with Gasteiger partial charge in [0.05, 0.1) is 6.04 Å². The molecule has 0 aromatic heterocycles. The molecule has 8 nitrogen and oxygen atoms in total. The molecular formula is C32H37N4O4Si+. The normalized spacial score (nSPS) is 19.8. The first-order valence-corrected chi connectivity index (χ1v) is 17.1. The third-order valence-electron chi connectivity index (χ3n) is 8.46. The highest BCUT2D eigenvalue weighted by atomic mass is 28.3. The standard InChI is InChI=1S/C32H36N4O4Si/c1-19-7-4-5-8-22(19)30-23-12-10-20(33)17-27(23)41(2,3)28-18-21(11-13-24(28)30)35-31(39)26-9-6-16-36(26)32(40)25(34)14-15-29(37)38/h4-5,7-8,10-13,17-18,25-26,33H,6,9,14-16,34H2,1-3H3,(H,35,39)(H,37,38)/p+1/t25-,26?/m0/s1. The molecule has 0 bridgehead atoms. The van der Waals surface area contributed by atoms with Gasteiger partial charge in [-0.3, -0.25) is 19.8 Å². The van der Waals surface area contributed by atoms with Crippen molar-refractivity contribution in [2.75, 3.05) is 11.9 Å². The summed E-state index contributed by atoms with van der Waals surface area (Å²) in [6, 6.07) is 12.9. The Morgan fingerprint density at radius 1 is 1.15 bits per heavy atom. The molecule has 2 atom stereocenters. The van der Waals surface area contributed by atoms with Gasteiger partial charge in [0.1, 0.15) is 14.1 Å². The van der Waals surface area contributed by atoms with Crippen molar-refractivity contribution in [2.24, 2.45) is 5.73 Å². The number of nitrogens with zero attached hydrogens (tertiary/aromatic N) is 1. The molecule has 0 saturated carbocycles. The summed E-state index contributed by atoms with van der Waals surface area (Å²) in [6.45, 7) is 7.15. The lowest BCUT2D eigenvalue weighted by atomic mass is 9.87. The number of nitrogens with two attached hydrogens (primary N) is 2. The highest BCUT2D eigenvalue weighted by molar-refractivity contribution is 6.98. The van der Waals surface area contributed by atoms with E-state index in [2.05, 4.69) is 67.8 Å². The largest absolute Gasteiger partial charge is 0.481 e. The minimum atomic E-state index is -2.22. The van der Waals surface area contributed by atoms with Crippen molar-refractivity contribution in [3.63, 3.8) is 0 Å². The van der Waals surface area contributed by atoms with Gasteiger partial charge >= 0.3 is 5.97 Å². The van der Waals surface area contributed by atoms with E-state index >= 15 is 0 Å². The molecule has 1 aliphatic carbocycles. The Hall–Kier alpha value is -4.08. The molecule has 1 unspecified atom stereocenters. The van der Waals surface area contributed by atoms with Gasteiger partial charge in [-0.2, -0.15) is 0 Å². The number of carbonyl (C=O) groups is 3. The fraction of sp³-hybridized carbons (Fsp3) is 0.312. The number of aryl methyl sites for hydroxylation is 1. The fourth-order valence-corrected chi connectivity index (χ4v) is 9.33. The average molecular weight is 570 g/mol. The minimum absolute atomic E-state index is 0.0370. The summed E-state index contributed by atoms with van der Waals surface area (Å²) in [5.74, 6) is -1.64. The molecule has 9 heteroatoms. The van der Waals surface area contributed by atoms with Crippen LogP contribution < -0.4 is 21.6 Å². The maximum atomic E-state index is 13.5. The predicted molar refractivity (Wildman–Crippen MR) is 163 cm³/mol. The lowest BCUT2D eigenvalue weighted by Crippen LogP contribution is -2.51. The van der Waals surface area contributed by atoms with Crippen molar-refractivity contribution in [2.45, 2.75) is 57.8 Å². The number of amides is 2. The Kier molecular flexibility index (Phi) is 7.67. The molecule has 6 N–H and O–H groups in total. The number of aliphatic carboxylic acids is 1. The predicted octanol–water partition coefficient (Wildman–Crippen LogP) is 2.08. The van der Waals surface area contributed by atoms with Crippen molar-refractivity contribution < 1.29 is 24.9 Å². The minimum Gasteiger partial charge on any atom is -0.481 e. The molecule has 2 aromatic carbocycles. The van der Waals surface area contributed by atoms with Crippen LogP contribution in [-0.4, -0.2) is 60.2 Å². The summed E-state index contributed by atoms with van der Waals surface area (Å²) >= 11 is 0. The SMILES string of the molecule is Cc1ccccc1C1=C2C=CC(=[NH2+])C=C2[Si](C)(C)c2cc(NC(=O)C3CCCN3C(=O)[C@@H](N)CCC(=O)O)ccc21. The second-order valence-electron chi connectivity index (χ2n) is 11.6. The second-order valence-corrected chi connectivity index (χ2v) is 15.9. The fourth-order valence-electron chi connectivity index (χ4n) is 6.23. The lowest BCUT2D eigenvalue weighted by Gasteiger charge is -2.38. The Morgan fingerprint density at radius 2 is 1.90 bits per heavy atom. The van der Waals surface area contributed by atoms with Gasteiger partial charge in [-0.1, -0.05) is 43.4 Å². The number of carbonyl (C=O) groups excluding carboxylic acids is 2. The van der Waals surface area contributed by atoms with Crippen molar-refractivity contribution in [3.05, 3.63) is 88.2 Å². The van der Waals surface area contributed by atoms with Gasteiger partial charge in [-0.15, -0.1) is 0 Å². The van der Waals surface area contributed by atoms with Gasteiger partial charge in [0.25, 0.3) is 0 Å². The van der Waals surface area contributed by atoms with Gasteiger partial charge in [0.15, 0.2) is 5.71 Å². The molecule has 0 spiro atoms. The molecule has 0 radical (unpaired) electrons. The van der Waals surface area contributed by atoms with Crippen LogP contribution in [0.25, 0.3) is 5.57 Å². The summed E-state index contributed by atoms with van der Waals surface area (Å²) in [6.07, 6.45) is 7.26. The maximum Gasteiger partial charge on any atom is 0.303 e. The summed E-state index contributed by atoms with van der Waals surface area (Å²) in [5.41, 5.74) is 13.3. The molecule has 41 heavy (non-hydrogen) atoms. The van der Waals surface area contributed by atoms with Crippen LogP contribution in [-0.2, 0) is 14.4 Å². The number of carboxylic acid groups (broad SMARTS) is 1. The molecule has 5 rings (SSSR count). The van der Waals surface area contributed by atoms with E-state index in [-0.39, 0.29) is 24.7 Å². The van der Waals surface area contributed by atoms with E-state index in [1.165, 1.54) is 37.6 Å². The van der Waals surface area contributed by atoms with Crippen LogP contribution in [0.2, 0.25) is 13.1 Å². The van der Waals surface area contributed by atoms with Crippen LogP contribution in [0.3, 0.4) is 0 Å². The van der Waals surface area contributed by atoms with Gasteiger partial charge in [0.2, 0.25) is 11.8 Å². The van der Waals surface area contributed by atoms with Crippen LogP contribution in [0, 0.1) is 6.92 Å². The van der Waals surface area contributed by atoms with E-state index < -0.39 is 26.1 Å². The first-order chi connectivity index (χ1) is 19.5. The first kappa shape index (κ1) is 28.4. The average Bonchev–Trinajstić information content (AvgIpc) is 3.43. The number of hydrogen-bond donors (Lipinski definition) is 4. The van der Waals surface area contributed by atoms with E-state index in [4.69, 9.17) is 16.2 Å². The summed E-state index contributed by atoms with van der Waals surface area (Å²) in [7, 11) is -2.22. The Morgan fingerprint density at radius 3 is 2.63 bits per heavy atom. The number of allylic oxidation sites excluding steroid dienone is 5. The van der Waals surface area contributed by atoms with Crippen LogP contribution in [0.5, 0.6) is 0 Å². The number of nitrogens with one attached hydrogen (secondary N) is 1. The van der Waals surface area contributed by atoms with E-state index in [1.807, 2.05) is 18.2 Å². The zero-order valence-electron chi connectivity index (χ0n) is 23.7. The Bertz CT molecular complexity index is 1550. The Labute approximate surface area is 241 Å². The number of likely N-dealkylation sites (tertiary alicyclic amines) is 1. The molecule has 2 amide bonds. The van der Waals surface area contributed by atoms with Crippen molar-refractivity contribution in [1.82, 2.24) is 4.90 Å². The number of fused-ring (bicyclic) bond motifs is 2. The number of hydrogen-bond acceptors (Lipinski definition) is 4. The molecule has 1 saturated heterocycles. The zero-order valence-corrected chi connectivity index (χ0v) is 24.7. The van der Waals surface area contributed by atoms with E-state index in [0.717, 1.165) is 11.3 Å². The third-order valence-corrected chi connectivity index (χ3v) is 12.0. The molecule has 1 fully saturated rings. The molecular weight excluding hydrogens is 532 g/mol. The van der Waals surface area contributed by atoms with Crippen LogP contribution >= 0.6 is 0 Å². The number of benzene rings is 2. The van der Waals surface area contributed by atoms with Crippen molar-refractivity contribution in [3.8, 4) is 0 Å². The third kappa shape index (κ3) is 5.35. The van der Waals surface area contributed by atoms with Crippen LogP contribution in [0.15, 0.2) is 71.5 Å². The van der Waals surface area contributed by atoms with Crippen molar-refractivity contribution >= 4 is 48.0 Å². The summed E-state index contributed by atoms with van der Waals surface area (Å²) in [4.78, 5) is 38.9. The van der Waals surface area contributed by atoms with Gasteiger partial charge < -0.3 is 21.1 Å². The highest BCUT2D eigenvalue weighted by Gasteiger charge is 2.41. The summed E-state index contributed by atoms with van der Waals surface area (Å²) in [5, 5.41) is 20.8. The topological polar surface area (TPSA) is 138 Å². The lowest BCUT2D eigenvalue weighted by molar-refractivity contribution is -0.139. The highest BCUT2D eigenvalue weighted by Crippen LogP contribution is 2.42. The smallest absolute Gasteiger partial charge is 0.303 e. The van der Waals surface area contributed by atoms with E-state index in [9.17, 15) is 14.4 Å². The van der Waals surface area contributed by atoms with Gasteiger partial charge in [-0.05, 0) is 82.6 Å². The number of anilines is 1. The number of carboxylic acids is 1. The first-order valence-electron chi connectivity index (χ1n) is 14.1. The molecule has 212 valence electrons. The summed E-state index contributed by atoms with van der Waals surface area (Å²) < 4.78 is 0. The second kappa shape index (κ2) is 11.1. The molecule has 2 aliphatic heterocycles. The van der Waals surface area contributed by atoms with Gasteiger partial charge in [-0.25, -0.2) is 0 Å². The van der Waals surface area contributed by atoms with Crippen molar-refractivity contribution in [1.29, 1.82) is 0 Å². The molecule has 3 aliphatic rings. The van der Waals surface area contributed by atoms with E-state index in [0.29, 0.717) is 25.1 Å². The molecule has 2 aromatic rings. The maximum absolute atomic E-state index is 13.5. The van der Waals surface area contributed by atoms with Crippen LogP contribution in [0.1, 0.15) is 42.4 Å². The quantitative estimate of drug-likeness (QED) is 0.378. The van der Waals surface area contributed by atoms with Crippen LogP contribution in [0.4, 0.5) is 5.69 Å². The van der Waals surface area contributed by atoms with E-state index in [1.54, 1.807) is 0 Å². The zero-order chi connectivity index (χ0) is 29.5. The number of rotatable bonds is 7. The molecule has 2 heterocycles. The Balaban J connectivity index is 1.47. The monoisotopic (exact) mass is 569 g/mol. The van der Waals surface area contributed by atoms with Gasteiger partial charge in [0, 0.05) is 30.8 Å².